The van der Waals surface area contributed by atoms with Crippen LogP contribution in [0.5, 0.6) is 0 Å². The van der Waals surface area contributed by atoms with E-state index in [0.29, 0.717) is 6.04 Å². The minimum absolute atomic E-state index is 0.0754. The third-order valence-corrected chi connectivity index (χ3v) is 4.83. The van der Waals surface area contributed by atoms with E-state index in [1.54, 1.807) is 0 Å². The van der Waals surface area contributed by atoms with Gasteiger partial charge in [-0.1, -0.05) is 35.3 Å². The number of carbonyl (C=O) groups excluding carboxylic acids is 1. The Morgan fingerprint density at radius 1 is 1.08 bits per heavy atom. The van der Waals surface area contributed by atoms with Gasteiger partial charge in [-0.25, -0.2) is 4.39 Å². The van der Waals surface area contributed by atoms with Crippen LogP contribution in [0, 0.1) is 5.82 Å². The number of halogens is 3. The third kappa shape index (κ3) is 5.18. The van der Waals surface area contributed by atoms with Gasteiger partial charge in [-0.05, 0) is 55.2 Å². The molecule has 2 N–H and O–H groups in total. The maximum atomic E-state index is 13.4. The Bertz CT molecular complexity index is 749. The minimum atomic E-state index is -0.509. The summed E-state index contributed by atoms with van der Waals surface area (Å²) < 4.78 is 13.4. The summed E-state index contributed by atoms with van der Waals surface area (Å²) in [5.41, 5.74) is 1.38. The summed E-state index contributed by atoms with van der Waals surface area (Å²) >= 11 is 11.8. The molecule has 0 radical (unpaired) electrons. The van der Waals surface area contributed by atoms with Crippen molar-refractivity contribution in [2.45, 2.75) is 37.9 Å². The minimum Gasteiger partial charge on any atom is -0.349 e. The maximum Gasteiger partial charge on any atom is 0.251 e. The summed E-state index contributed by atoms with van der Waals surface area (Å²) in [6.07, 6.45) is 2.72. The van der Waals surface area contributed by atoms with Gasteiger partial charge in [0.25, 0.3) is 5.91 Å². The molecule has 3 rings (SSSR count). The van der Waals surface area contributed by atoms with E-state index in [-0.39, 0.29) is 22.5 Å². The largest absolute Gasteiger partial charge is 0.349 e. The van der Waals surface area contributed by atoms with Gasteiger partial charge in [0.2, 0.25) is 0 Å². The van der Waals surface area contributed by atoms with Gasteiger partial charge in [0.05, 0.1) is 0 Å². The van der Waals surface area contributed by atoms with E-state index in [4.69, 9.17) is 23.2 Å². The van der Waals surface area contributed by atoms with Crippen molar-refractivity contribution in [3.8, 4) is 0 Å². The fourth-order valence-electron chi connectivity index (χ4n) is 3.16. The van der Waals surface area contributed by atoms with E-state index in [0.717, 1.165) is 36.4 Å². The molecule has 3 nitrogen and oxygen atoms in total. The molecule has 2 aromatic carbocycles. The van der Waals surface area contributed by atoms with E-state index in [9.17, 15) is 9.18 Å². The van der Waals surface area contributed by atoms with E-state index < -0.39 is 5.82 Å². The van der Waals surface area contributed by atoms with Crippen molar-refractivity contribution in [1.82, 2.24) is 10.6 Å². The van der Waals surface area contributed by atoms with Crippen molar-refractivity contribution in [2.75, 3.05) is 0 Å². The predicted molar refractivity (Wildman–Crippen MR) is 98.6 cm³/mol. The Labute approximate surface area is 156 Å². The van der Waals surface area contributed by atoms with Crippen molar-refractivity contribution in [2.24, 2.45) is 0 Å². The van der Waals surface area contributed by atoms with Crippen LogP contribution in [0.3, 0.4) is 0 Å². The lowest BCUT2D eigenvalue weighted by Gasteiger charge is -2.15. The quantitative estimate of drug-likeness (QED) is 0.797. The van der Waals surface area contributed by atoms with Crippen LogP contribution in [-0.2, 0) is 6.54 Å². The van der Waals surface area contributed by atoms with Crippen LogP contribution in [0.15, 0.2) is 42.5 Å². The smallest absolute Gasteiger partial charge is 0.251 e. The normalized spacial score (nSPS) is 19.8. The van der Waals surface area contributed by atoms with Gasteiger partial charge < -0.3 is 10.6 Å². The number of carbonyl (C=O) groups is 1. The van der Waals surface area contributed by atoms with Crippen LogP contribution in [0.2, 0.25) is 10.0 Å². The molecule has 1 aliphatic carbocycles. The van der Waals surface area contributed by atoms with Gasteiger partial charge in [-0.3, -0.25) is 4.79 Å². The van der Waals surface area contributed by atoms with E-state index >= 15 is 0 Å². The van der Waals surface area contributed by atoms with Crippen molar-refractivity contribution in [1.29, 1.82) is 0 Å². The lowest BCUT2D eigenvalue weighted by atomic mass is 10.1. The lowest BCUT2D eigenvalue weighted by molar-refractivity contribution is 0.0937. The number of hydrogen-bond acceptors (Lipinski definition) is 2. The zero-order chi connectivity index (χ0) is 17.8. The first-order valence-electron chi connectivity index (χ1n) is 8.24. The highest BCUT2D eigenvalue weighted by molar-refractivity contribution is 6.31. The van der Waals surface area contributed by atoms with Crippen molar-refractivity contribution in [3.63, 3.8) is 0 Å². The first kappa shape index (κ1) is 18.2. The molecule has 0 aliphatic heterocycles. The standard InChI is InChI=1S/C19H19Cl2FN2O/c20-14-3-1-2-12(6-14)11-23-17-4-5-18(10-17)24-19(25)13-7-15(21)9-16(22)8-13/h1-3,6-9,17-18,23H,4-5,10-11H2,(H,24,25)/t17-,18+/m1/s1. The summed E-state index contributed by atoms with van der Waals surface area (Å²) in [6, 6.07) is 12.0. The third-order valence-electron chi connectivity index (χ3n) is 4.38. The Balaban J connectivity index is 1.50. The van der Waals surface area contributed by atoms with Crippen LogP contribution in [0.1, 0.15) is 35.2 Å². The summed E-state index contributed by atoms with van der Waals surface area (Å²) in [5.74, 6) is -0.799. The molecular formula is C19H19Cl2FN2O. The molecule has 0 spiro atoms. The number of benzene rings is 2. The van der Waals surface area contributed by atoms with Gasteiger partial charge in [-0.2, -0.15) is 0 Å². The molecule has 1 fully saturated rings. The number of amides is 1. The Hall–Kier alpha value is -1.62. The molecule has 132 valence electrons. The van der Waals surface area contributed by atoms with Gasteiger partial charge >= 0.3 is 0 Å². The Kier molecular flexibility index (Phi) is 5.94. The highest BCUT2D eigenvalue weighted by Gasteiger charge is 2.26. The topological polar surface area (TPSA) is 41.1 Å². The summed E-state index contributed by atoms with van der Waals surface area (Å²) in [5, 5.41) is 7.40. The average molecular weight is 381 g/mol. The van der Waals surface area contributed by atoms with Crippen LogP contribution in [0.25, 0.3) is 0 Å². The zero-order valence-electron chi connectivity index (χ0n) is 13.6. The predicted octanol–water partition coefficient (Wildman–Crippen LogP) is 4.57. The molecule has 0 heterocycles. The second kappa shape index (κ2) is 8.17. The molecule has 1 aliphatic rings. The fourth-order valence-corrected chi connectivity index (χ4v) is 3.60. The molecule has 2 aromatic rings. The van der Waals surface area contributed by atoms with Crippen molar-refractivity contribution < 1.29 is 9.18 Å². The molecule has 2 atom stereocenters. The first-order valence-corrected chi connectivity index (χ1v) is 9.00. The summed E-state index contributed by atoms with van der Waals surface area (Å²) in [4.78, 5) is 12.3. The van der Waals surface area contributed by atoms with Gasteiger partial charge in [-0.15, -0.1) is 0 Å². The maximum absolute atomic E-state index is 13.4. The second-order valence-electron chi connectivity index (χ2n) is 6.35. The van der Waals surface area contributed by atoms with Crippen molar-refractivity contribution in [3.05, 3.63) is 69.5 Å². The van der Waals surface area contributed by atoms with E-state index in [1.807, 2.05) is 24.3 Å². The van der Waals surface area contributed by atoms with Gasteiger partial charge in [0.15, 0.2) is 0 Å². The second-order valence-corrected chi connectivity index (χ2v) is 7.22. The van der Waals surface area contributed by atoms with Crippen molar-refractivity contribution >= 4 is 29.1 Å². The summed E-state index contributed by atoms with van der Waals surface area (Å²) in [7, 11) is 0. The summed E-state index contributed by atoms with van der Waals surface area (Å²) in [6.45, 7) is 0.741. The molecule has 0 bridgehead atoms. The fraction of sp³-hybridized carbons (Fsp3) is 0.316. The number of rotatable bonds is 5. The number of hydrogen-bond donors (Lipinski definition) is 2. The molecule has 0 saturated heterocycles. The van der Waals surface area contributed by atoms with Gasteiger partial charge in [0.1, 0.15) is 5.82 Å². The number of nitrogens with one attached hydrogen (secondary N) is 2. The molecule has 0 unspecified atom stereocenters. The van der Waals surface area contributed by atoms with E-state index in [2.05, 4.69) is 10.6 Å². The molecular weight excluding hydrogens is 362 g/mol. The molecule has 0 aromatic heterocycles. The van der Waals surface area contributed by atoms with Crippen LogP contribution >= 0.6 is 23.2 Å². The Morgan fingerprint density at radius 3 is 2.64 bits per heavy atom. The molecule has 1 saturated carbocycles. The van der Waals surface area contributed by atoms with Crippen LogP contribution in [-0.4, -0.2) is 18.0 Å². The monoisotopic (exact) mass is 380 g/mol. The average Bonchev–Trinajstić information content (AvgIpc) is 2.99. The van der Waals surface area contributed by atoms with E-state index in [1.165, 1.54) is 18.2 Å². The molecule has 25 heavy (non-hydrogen) atoms. The van der Waals surface area contributed by atoms with Gasteiger partial charge in [0, 0.05) is 34.2 Å². The van der Waals surface area contributed by atoms with Crippen LogP contribution in [0.4, 0.5) is 4.39 Å². The first-order chi connectivity index (χ1) is 12.0. The highest BCUT2D eigenvalue weighted by Crippen LogP contribution is 2.21. The lowest BCUT2D eigenvalue weighted by Crippen LogP contribution is -2.35. The zero-order valence-corrected chi connectivity index (χ0v) is 15.1. The highest BCUT2D eigenvalue weighted by atomic mass is 35.5. The Morgan fingerprint density at radius 2 is 1.88 bits per heavy atom. The van der Waals surface area contributed by atoms with Crippen LogP contribution < -0.4 is 10.6 Å². The SMILES string of the molecule is O=C(N[C@H]1CC[C@@H](NCc2cccc(Cl)c2)C1)c1cc(F)cc(Cl)c1. The molecule has 1 amide bonds. The molecule has 6 heteroatoms.